The third kappa shape index (κ3) is 2.58. The van der Waals surface area contributed by atoms with E-state index >= 15 is 0 Å². The molecule has 0 aliphatic heterocycles. The summed E-state index contributed by atoms with van der Waals surface area (Å²) in [5.41, 5.74) is 7.28. The van der Waals surface area contributed by atoms with Crippen LogP contribution in [0, 0.1) is 20.8 Å². The number of aryl methyl sites for hydroxylation is 3. The van der Waals surface area contributed by atoms with E-state index in [1.165, 1.54) is 27.8 Å². The summed E-state index contributed by atoms with van der Waals surface area (Å²) in [5.74, 6) is 0. The average molecular weight is 242 g/mol. The zero-order chi connectivity index (χ0) is 12.4. The van der Waals surface area contributed by atoms with Crippen molar-refractivity contribution in [2.45, 2.75) is 26.4 Å². The van der Waals surface area contributed by atoms with E-state index in [0.717, 1.165) is 0 Å². The molecule has 0 aliphatic rings. The number of benzene rings is 2. The summed E-state index contributed by atoms with van der Waals surface area (Å²) in [6.45, 7) is 6.56. The lowest BCUT2D eigenvalue weighted by atomic mass is 9.94. The minimum atomic E-state index is 0.386. The van der Waals surface area contributed by atoms with Crippen LogP contribution in [0.25, 0.3) is 0 Å². The summed E-state index contributed by atoms with van der Waals surface area (Å²) in [4.78, 5) is 0. The quantitative estimate of drug-likeness (QED) is 0.676. The van der Waals surface area contributed by atoms with E-state index in [-0.39, 0.29) is 0 Å². The minimum absolute atomic E-state index is 0.386. The van der Waals surface area contributed by atoms with Gasteiger partial charge in [0.15, 0.2) is 0 Å². The zero-order valence-electron chi connectivity index (χ0n) is 10.7. The van der Waals surface area contributed by atoms with Crippen LogP contribution in [0.1, 0.15) is 33.5 Å². The van der Waals surface area contributed by atoms with Crippen LogP contribution < -0.4 is 0 Å². The molecule has 2 aromatic carbocycles. The van der Waals surface area contributed by atoms with Gasteiger partial charge in [-0.2, -0.15) is 0 Å². The van der Waals surface area contributed by atoms with Crippen LogP contribution in [-0.2, 0) is 0 Å². The van der Waals surface area contributed by atoms with Gasteiger partial charge in [-0.1, -0.05) is 48.0 Å². The van der Waals surface area contributed by atoms with Crippen molar-refractivity contribution in [3.63, 3.8) is 0 Å². The molecule has 0 saturated carbocycles. The first kappa shape index (κ1) is 12.3. The number of rotatable bonds is 2. The molecule has 1 heteroatoms. The van der Waals surface area contributed by atoms with Gasteiger partial charge in [0.2, 0.25) is 0 Å². The fraction of sp³-hybridized carbons (Fsp3) is 0.250. The van der Waals surface area contributed by atoms with Gasteiger partial charge in [-0.3, -0.25) is 0 Å². The van der Waals surface area contributed by atoms with Crippen LogP contribution in [0.15, 0.2) is 42.5 Å². The summed E-state index contributed by atoms with van der Waals surface area (Å²) in [7, 11) is 2.97. The maximum absolute atomic E-state index is 2.97. The molecule has 2 aromatic rings. The van der Waals surface area contributed by atoms with Crippen molar-refractivity contribution in [2.24, 2.45) is 0 Å². The highest BCUT2D eigenvalue weighted by atomic mass is 31.0. The maximum Gasteiger partial charge on any atom is 0.0239 e. The number of hydrogen-bond acceptors (Lipinski definition) is 0. The highest BCUT2D eigenvalue weighted by Crippen LogP contribution is 2.35. The highest BCUT2D eigenvalue weighted by Gasteiger charge is 2.13. The summed E-state index contributed by atoms with van der Waals surface area (Å²) in [5, 5.41) is 0. The van der Waals surface area contributed by atoms with E-state index < -0.39 is 0 Å². The molecule has 17 heavy (non-hydrogen) atoms. The van der Waals surface area contributed by atoms with Gasteiger partial charge in [0.25, 0.3) is 0 Å². The topological polar surface area (TPSA) is 0 Å². The Balaban J connectivity index is 2.48. The largest absolute Gasteiger partial charge is 0.125 e. The Morgan fingerprint density at radius 1 is 0.882 bits per heavy atom. The molecular formula is C16H19P. The summed E-state index contributed by atoms with van der Waals surface area (Å²) < 4.78 is 0. The second-order valence-electron chi connectivity index (χ2n) is 4.70. The molecule has 2 rings (SSSR count). The van der Waals surface area contributed by atoms with Gasteiger partial charge in [-0.15, -0.1) is 9.24 Å². The Bertz CT molecular complexity index is 491. The SMILES string of the molecule is Cc1cc(C)c(C(P)c2ccccc2)c(C)c1. The molecule has 0 fully saturated rings. The van der Waals surface area contributed by atoms with Crippen molar-refractivity contribution in [3.05, 3.63) is 70.3 Å². The van der Waals surface area contributed by atoms with E-state index in [1.807, 2.05) is 0 Å². The molecule has 0 amide bonds. The third-order valence-electron chi connectivity index (χ3n) is 3.21. The Morgan fingerprint density at radius 2 is 1.41 bits per heavy atom. The first-order valence-electron chi connectivity index (χ1n) is 5.98. The van der Waals surface area contributed by atoms with Gasteiger partial charge in [0.1, 0.15) is 0 Å². The van der Waals surface area contributed by atoms with Crippen LogP contribution in [0.2, 0.25) is 0 Å². The zero-order valence-corrected chi connectivity index (χ0v) is 11.9. The molecule has 0 saturated heterocycles. The van der Waals surface area contributed by atoms with Gasteiger partial charge in [-0.05, 0) is 43.0 Å². The van der Waals surface area contributed by atoms with Crippen LogP contribution in [0.4, 0.5) is 0 Å². The Morgan fingerprint density at radius 3 is 1.94 bits per heavy atom. The first-order valence-corrected chi connectivity index (χ1v) is 6.64. The predicted octanol–water partition coefficient (Wildman–Crippen LogP) is 4.58. The second kappa shape index (κ2) is 5.02. The van der Waals surface area contributed by atoms with Crippen molar-refractivity contribution in [1.29, 1.82) is 0 Å². The monoisotopic (exact) mass is 242 g/mol. The lowest BCUT2D eigenvalue weighted by Crippen LogP contribution is -1.99. The van der Waals surface area contributed by atoms with E-state index in [9.17, 15) is 0 Å². The molecule has 0 nitrogen and oxygen atoms in total. The molecule has 88 valence electrons. The fourth-order valence-corrected chi connectivity index (χ4v) is 3.26. The molecule has 0 aliphatic carbocycles. The lowest BCUT2D eigenvalue weighted by Gasteiger charge is -2.18. The third-order valence-corrected chi connectivity index (χ3v) is 3.93. The van der Waals surface area contributed by atoms with Crippen molar-refractivity contribution in [1.82, 2.24) is 0 Å². The standard InChI is InChI=1S/C16H19P/c1-11-9-12(2)15(13(3)10-11)16(17)14-7-5-4-6-8-14/h4-10,16H,17H2,1-3H3. The van der Waals surface area contributed by atoms with E-state index in [1.54, 1.807) is 0 Å². The average Bonchev–Trinajstić information content (AvgIpc) is 2.28. The molecule has 2 atom stereocenters. The Kier molecular flexibility index (Phi) is 3.64. The second-order valence-corrected chi connectivity index (χ2v) is 5.37. The molecular weight excluding hydrogens is 223 g/mol. The molecule has 0 N–H and O–H groups in total. The van der Waals surface area contributed by atoms with Crippen LogP contribution in [0.5, 0.6) is 0 Å². The molecule has 2 unspecified atom stereocenters. The molecule has 0 bridgehead atoms. The summed E-state index contributed by atoms with van der Waals surface area (Å²) >= 11 is 0. The minimum Gasteiger partial charge on any atom is -0.125 e. The smallest absolute Gasteiger partial charge is 0.0239 e. The van der Waals surface area contributed by atoms with Crippen LogP contribution in [-0.4, -0.2) is 0 Å². The van der Waals surface area contributed by atoms with E-state index in [0.29, 0.717) is 5.66 Å². The molecule has 0 aromatic heterocycles. The van der Waals surface area contributed by atoms with Crippen molar-refractivity contribution in [2.75, 3.05) is 0 Å². The van der Waals surface area contributed by atoms with E-state index in [2.05, 4.69) is 72.5 Å². The Hall–Kier alpha value is -1.13. The van der Waals surface area contributed by atoms with Crippen molar-refractivity contribution < 1.29 is 0 Å². The summed E-state index contributed by atoms with van der Waals surface area (Å²) in [6, 6.07) is 15.2. The predicted molar refractivity (Wildman–Crippen MR) is 78.6 cm³/mol. The maximum atomic E-state index is 2.97. The van der Waals surface area contributed by atoms with Gasteiger partial charge in [0, 0.05) is 5.66 Å². The van der Waals surface area contributed by atoms with Crippen molar-refractivity contribution >= 4 is 9.24 Å². The van der Waals surface area contributed by atoms with Gasteiger partial charge in [0.05, 0.1) is 0 Å². The Labute approximate surface area is 106 Å². The van der Waals surface area contributed by atoms with Gasteiger partial charge in [-0.25, -0.2) is 0 Å². The van der Waals surface area contributed by atoms with Gasteiger partial charge < -0.3 is 0 Å². The highest BCUT2D eigenvalue weighted by molar-refractivity contribution is 7.17. The van der Waals surface area contributed by atoms with Crippen molar-refractivity contribution in [3.8, 4) is 0 Å². The van der Waals surface area contributed by atoms with Crippen LogP contribution in [0.3, 0.4) is 0 Å². The van der Waals surface area contributed by atoms with E-state index in [4.69, 9.17) is 0 Å². The summed E-state index contributed by atoms with van der Waals surface area (Å²) in [6.07, 6.45) is 0. The normalized spacial score (nSPS) is 12.5. The molecule has 0 spiro atoms. The number of hydrogen-bond donors (Lipinski definition) is 0. The fourth-order valence-electron chi connectivity index (χ4n) is 2.51. The van der Waals surface area contributed by atoms with Gasteiger partial charge >= 0.3 is 0 Å². The lowest BCUT2D eigenvalue weighted by molar-refractivity contribution is 1.09. The van der Waals surface area contributed by atoms with Crippen LogP contribution >= 0.6 is 9.24 Å². The molecule has 0 radical (unpaired) electrons. The molecule has 0 heterocycles. The first-order chi connectivity index (χ1) is 8.09.